The van der Waals surface area contributed by atoms with Crippen molar-refractivity contribution in [2.24, 2.45) is 20.5 Å². The highest BCUT2D eigenvalue weighted by molar-refractivity contribution is 6.01. The first-order valence-electron chi connectivity index (χ1n) is 11.5. The van der Waals surface area contributed by atoms with Crippen molar-refractivity contribution in [1.82, 2.24) is 0 Å². The van der Waals surface area contributed by atoms with Crippen LogP contribution in [0.25, 0.3) is 21.5 Å². The fourth-order valence-corrected chi connectivity index (χ4v) is 3.93. The van der Waals surface area contributed by atoms with Crippen LogP contribution in [0, 0.1) is 0 Å². The van der Waals surface area contributed by atoms with Gasteiger partial charge in [-0.15, -0.1) is 15.3 Å². The van der Waals surface area contributed by atoms with Gasteiger partial charge in [0.05, 0.1) is 34.9 Å². The van der Waals surface area contributed by atoms with Gasteiger partial charge in [0.15, 0.2) is 0 Å². The molecule has 7 heteroatoms. The van der Waals surface area contributed by atoms with E-state index in [1.54, 1.807) is 31.2 Å². The Balaban J connectivity index is 1.45. The molecule has 0 amide bonds. The normalized spacial score (nSPS) is 11.6. The second-order valence-electron chi connectivity index (χ2n) is 8.04. The zero-order valence-corrected chi connectivity index (χ0v) is 19.6. The Morgan fingerprint density at radius 2 is 1.11 bits per heavy atom. The van der Waals surface area contributed by atoms with Crippen molar-refractivity contribution in [2.45, 2.75) is 6.92 Å². The first-order valence-corrected chi connectivity index (χ1v) is 11.5. The molecule has 0 radical (unpaired) electrons. The highest BCUT2D eigenvalue weighted by Crippen LogP contribution is 2.36. The summed E-state index contributed by atoms with van der Waals surface area (Å²) >= 11 is 0. The molecule has 0 aliphatic carbocycles. The molecule has 7 nitrogen and oxygen atoms in total. The molecule has 0 aliphatic heterocycles. The molecule has 0 atom stereocenters. The van der Waals surface area contributed by atoms with Crippen LogP contribution in [0.15, 0.2) is 118 Å². The van der Waals surface area contributed by atoms with Crippen LogP contribution in [-0.2, 0) is 4.74 Å². The van der Waals surface area contributed by atoms with E-state index in [0.717, 1.165) is 32.9 Å². The molecule has 36 heavy (non-hydrogen) atoms. The molecule has 0 unspecified atom stereocenters. The van der Waals surface area contributed by atoms with Gasteiger partial charge in [-0.05, 0) is 55.5 Å². The van der Waals surface area contributed by atoms with Gasteiger partial charge in [-0.25, -0.2) is 4.79 Å². The molecule has 2 N–H and O–H groups in total. The van der Waals surface area contributed by atoms with E-state index in [9.17, 15) is 4.79 Å². The van der Waals surface area contributed by atoms with Crippen LogP contribution in [-0.4, -0.2) is 12.6 Å². The molecule has 0 heterocycles. The van der Waals surface area contributed by atoms with Gasteiger partial charge in [-0.2, -0.15) is 5.11 Å². The molecule has 0 saturated heterocycles. The maximum absolute atomic E-state index is 11.8. The van der Waals surface area contributed by atoms with Crippen molar-refractivity contribution in [3.63, 3.8) is 0 Å². The van der Waals surface area contributed by atoms with Crippen LogP contribution >= 0.6 is 0 Å². The summed E-state index contributed by atoms with van der Waals surface area (Å²) in [4.78, 5) is 11.8. The summed E-state index contributed by atoms with van der Waals surface area (Å²) in [6.07, 6.45) is 0. The SMILES string of the molecule is CCOC(=O)c1ccc(N=Nc2ccc(N=Nc3ccc(N)c4ccccc34)c3ccccc23)cc1. The lowest BCUT2D eigenvalue weighted by Gasteiger charge is -2.06. The van der Waals surface area contributed by atoms with Crippen molar-refractivity contribution in [2.75, 3.05) is 12.3 Å². The monoisotopic (exact) mass is 473 g/mol. The largest absolute Gasteiger partial charge is 0.462 e. The molecule has 5 aromatic rings. The van der Waals surface area contributed by atoms with Crippen molar-refractivity contribution in [3.05, 3.63) is 103 Å². The van der Waals surface area contributed by atoms with Crippen LogP contribution in [0.2, 0.25) is 0 Å². The van der Waals surface area contributed by atoms with Crippen molar-refractivity contribution in [1.29, 1.82) is 0 Å². The number of benzene rings is 5. The predicted octanol–water partition coefficient (Wildman–Crippen LogP) is 8.58. The number of carbonyl (C=O) groups is 1. The number of nitrogen functional groups attached to an aromatic ring is 1. The van der Waals surface area contributed by atoms with Gasteiger partial charge in [0.25, 0.3) is 0 Å². The molecular weight excluding hydrogens is 450 g/mol. The average molecular weight is 474 g/mol. The van der Waals surface area contributed by atoms with Crippen LogP contribution in [0.4, 0.5) is 28.4 Å². The standard InChI is InChI=1S/C29H23N5O2/c1-2-36-29(35)19-11-13-20(14-12-19)31-32-27-17-18-28(24-10-6-5-9-23(24)27)34-33-26-16-15-25(30)21-7-3-4-8-22(21)26/h3-18H,2,30H2,1H3. The Hall–Kier alpha value is -4.91. The first kappa shape index (κ1) is 22.9. The number of azo groups is 2. The minimum Gasteiger partial charge on any atom is -0.462 e. The Bertz CT molecular complexity index is 1630. The number of ether oxygens (including phenoxy) is 1. The molecular formula is C29H23N5O2. The molecule has 0 saturated carbocycles. The third-order valence-corrected chi connectivity index (χ3v) is 5.73. The first-order chi connectivity index (χ1) is 17.6. The van der Waals surface area contributed by atoms with Gasteiger partial charge in [-0.1, -0.05) is 48.5 Å². The smallest absolute Gasteiger partial charge is 0.338 e. The minimum atomic E-state index is -0.358. The van der Waals surface area contributed by atoms with Crippen molar-refractivity contribution in [3.8, 4) is 0 Å². The molecule has 176 valence electrons. The van der Waals surface area contributed by atoms with Gasteiger partial charge < -0.3 is 10.5 Å². The Morgan fingerprint density at radius 3 is 1.67 bits per heavy atom. The van der Waals surface area contributed by atoms with E-state index in [0.29, 0.717) is 29.2 Å². The van der Waals surface area contributed by atoms with E-state index in [-0.39, 0.29) is 5.97 Å². The van der Waals surface area contributed by atoms with Gasteiger partial charge in [-0.3, -0.25) is 0 Å². The second kappa shape index (κ2) is 10.1. The molecule has 0 spiro atoms. The summed E-state index contributed by atoms with van der Waals surface area (Å²) in [6.45, 7) is 2.11. The number of nitrogens with zero attached hydrogens (tertiary/aromatic N) is 4. The fourth-order valence-electron chi connectivity index (χ4n) is 3.93. The average Bonchev–Trinajstić information content (AvgIpc) is 2.92. The number of carbonyl (C=O) groups excluding carboxylic acids is 1. The topological polar surface area (TPSA) is 102 Å². The van der Waals surface area contributed by atoms with Crippen molar-refractivity contribution < 1.29 is 9.53 Å². The zero-order valence-electron chi connectivity index (χ0n) is 19.6. The van der Waals surface area contributed by atoms with E-state index in [1.807, 2.05) is 72.8 Å². The summed E-state index contributed by atoms with van der Waals surface area (Å²) in [7, 11) is 0. The van der Waals surface area contributed by atoms with Crippen LogP contribution in [0.1, 0.15) is 17.3 Å². The highest BCUT2D eigenvalue weighted by atomic mass is 16.5. The van der Waals surface area contributed by atoms with Gasteiger partial charge in [0.2, 0.25) is 0 Å². The number of esters is 1. The van der Waals surface area contributed by atoms with Gasteiger partial charge in [0.1, 0.15) is 0 Å². The Morgan fingerprint density at radius 1 is 0.639 bits per heavy atom. The molecule has 0 aromatic heterocycles. The van der Waals surface area contributed by atoms with Gasteiger partial charge in [0, 0.05) is 27.2 Å². The number of hydrogen-bond acceptors (Lipinski definition) is 7. The van der Waals surface area contributed by atoms with Crippen LogP contribution < -0.4 is 5.73 Å². The van der Waals surface area contributed by atoms with E-state index >= 15 is 0 Å². The predicted molar refractivity (Wildman–Crippen MR) is 143 cm³/mol. The Kier molecular flexibility index (Phi) is 6.44. The molecule has 0 fully saturated rings. The lowest BCUT2D eigenvalue weighted by molar-refractivity contribution is 0.0526. The van der Waals surface area contributed by atoms with Gasteiger partial charge >= 0.3 is 5.97 Å². The maximum Gasteiger partial charge on any atom is 0.338 e. The number of nitrogens with two attached hydrogens (primary N) is 1. The number of fused-ring (bicyclic) bond motifs is 2. The van der Waals surface area contributed by atoms with Crippen LogP contribution in [0.3, 0.4) is 0 Å². The number of rotatable bonds is 6. The summed E-state index contributed by atoms with van der Waals surface area (Å²) in [5.41, 5.74) is 10.1. The van der Waals surface area contributed by atoms with Crippen LogP contribution in [0.5, 0.6) is 0 Å². The quantitative estimate of drug-likeness (QED) is 0.152. The van der Waals surface area contributed by atoms with E-state index in [2.05, 4.69) is 20.5 Å². The highest BCUT2D eigenvalue weighted by Gasteiger charge is 2.08. The molecule has 5 aromatic carbocycles. The second-order valence-corrected chi connectivity index (χ2v) is 8.04. The summed E-state index contributed by atoms with van der Waals surface area (Å²) < 4.78 is 5.02. The van der Waals surface area contributed by atoms with E-state index in [1.165, 1.54) is 0 Å². The zero-order chi connectivity index (χ0) is 24.9. The fraction of sp³-hybridized carbons (Fsp3) is 0.0690. The summed E-state index contributed by atoms with van der Waals surface area (Å²) in [5.74, 6) is -0.358. The third-order valence-electron chi connectivity index (χ3n) is 5.73. The minimum absolute atomic E-state index is 0.333. The molecule has 0 aliphatic rings. The van der Waals surface area contributed by atoms with E-state index < -0.39 is 0 Å². The molecule has 0 bridgehead atoms. The lowest BCUT2D eigenvalue weighted by Crippen LogP contribution is -2.03. The Labute approximate surface area is 208 Å². The number of hydrogen-bond donors (Lipinski definition) is 1. The summed E-state index contributed by atoms with van der Waals surface area (Å²) in [6, 6.07) is 30.0. The third kappa shape index (κ3) is 4.67. The molecule has 5 rings (SSSR count). The lowest BCUT2D eigenvalue weighted by atomic mass is 10.1. The van der Waals surface area contributed by atoms with E-state index in [4.69, 9.17) is 10.5 Å². The maximum atomic E-state index is 11.8. The summed E-state index contributed by atoms with van der Waals surface area (Å²) in [5, 5.41) is 21.6. The number of anilines is 1. The van der Waals surface area contributed by atoms with Crippen molar-refractivity contribution >= 4 is 56.0 Å².